The third kappa shape index (κ3) is 3.63. The van der Waals surface area contributed by atoms with E-state index >= 15 is 0 Å². The van der Waals surface area contributed by atoms with Crippen molar-refractivity contribution in [2.24, 2.45) is 0 Å². The maximum Gasteiger partial charge on any atom is 0.237 e. The number of hydrogen-bond acceptors (Lipinski definition) is 3. The highest BCUT2D eigenvalue weighted by molar-refractivity contribution is 9.09. The van der Waals surface area contributed by atoms with Gasteiger partial charge in [0.05, 0.1) is 5.33 Å². The summed E-state index contributed by atoms with van der Waals surface area (Å²) in [7, 11) is 0. The maximum absolute atomic E-state index is 11.1. The summed E-state index contributed by atoms with van der Waals surface area (Å²) < 4.78 is 0. The van der Waals surface area contributed by atoms with Gasteiger partial charge in [-0.2, -0.15) is 0 Å². The molecule has 18 heavy (non-hydrogen) atoms. The Morgan fingerprint density at radius 3 is 2.39 bits per heavy atom. The first-order valence-corrected chi connectivity index (χ1v) is 6.61. The van der Waals surface area contributed by atoms with Crippen LogP contribution in [0.25, 0.3) is 0 Å². The second-order valence-corrected chi connectivity index (χ2v) is 4.32. The second-order valence-electron chi connectivity index (χ2n) is 3.76. The largest absolute Gasteiger partial charge is 0.294 e. The molecular formula is C13H12BrN3O. The van der Waals surface area contributed by atoms with Crippen molar-refractivity contribution in [1.82, 2.24) is 9.97 Å². The van der Waals surface area contributed by atoms with Gasteiger partial charge in [0.1, 0.15) is 0 Å². The van der Waals surface area contributed by atoms with Crippen LogP contribution < -0.4 is 5.32 Å². The quantitative estimate of drug-likeness (QED) is 0.883. The van der Waals surface area contributed by atoms with E-state index in [4.69, 9.17) is 0 Å². The summed E-state index contributed by atoms with van der Waals surface area (Å²) in [5.74, 6) is 0.169. The van der Waals surface area contributed by atoms with Crippen LogP contribution in [-0.2, 0) is 11.2 Å². The lowest BCUT2D eigenvalue weighted by Crippen LogP contribution is -2.14. The summed E-state index contributed by atoms with van der Waals surface area (Å²) in [4.78, 5) is 19.3. The Morgan fingerprint density at radius 1 is 1.11 bits per heavy atom. The maximum atomic E-state index is 11.1. The van der Waals surface area contributed by atoms with Crippen LogP contribution in [0, 0.1) is 0 Å². The summed E-state index contributed by atoms with van der Waals surface area (Å²) in [5, 5.41) is 2.81. The molecule has 2 rings (SSSR count). The molecule has 0 aliphatic rings. The van der Waals surface area contributed by atoms with Gasteiger partial charge in [-0.1, -0.05) is 46.3 Å². The lowest BCUT2D eigenvalue weighted by atomic mass is 10.1. The molecule has 2 aromatic rings. The Morgan fingerprint density at radius 2 is 1.78 bits per heavy atom. The number of benzene rings is 1. The summed E-state index contributed by atoms with van der Waals surface area (Å²) in [5.41, 5.74) is 2.22. The van der Waals surface area contributed by atoms with E-state index in [1.54, 1.807) is 12.4 Å². The first-order valence-electron chi connectivity index (χ1n) is 5.48. The molecule has 1 N–H and O–H groups in total. The van der Waals surface area contributed by atoms with Gasteiger partial charge in [-0.3, -0.25) is 10.1 Å². The van der Waals surface area contributed by atoms with Crippen molar-refractivity contribution in [3.63, 3.8) is 0 Å². The Balaban J connectivity index is 2.02. The van der Waals surface area contributed by atoms with Crippen LogP contribution in [-0.4, -0.2) is 21.2 Å². The van der Waals surface area contributed by atoms with Gasteiger partial charge in [0, 0.05) is 18.8 Å². The molecule has 0 fully saturated rings. The molecular weight excluding hydrogens is 294 g/mol. The van der Waals surface area contributed by atoms with Crippen molar-refractivity contribution >= 4 is 27.8 Å². The number of anilines is 1. The zero-order valence-corrected chi connectivity index (χ0v) is 11.2. The Bertz CT molecular complexity index is 514. The van der Waals surface area contributed by atoms with Crippen LogP contribution in [0.2, 0.25) is 0 Å². The zero-order chi connectivity index (χ0) is 12.8. The molecule has 0 atom stereocenters. The SMILES string of the molecule is O=C(CBr)Nc1ncc(Cc2ccccc2)cn1. The van der Waals surface area contributed by atoms with Gasteiger partial charge in [0.25, 0.3) is 0 Å². The smallest absolute Gasteiger partial charge is 0.237 e. The first-order chi connectivity index (χ1) is 8.78. The van der Waals surface area contributed by atoms with E-state index < -0.39 is 0 Å². The molecule has 1 aromatic heterocycles. The average molecular weight is 306 g/mol. The number of halogens is 1. The van der Waals surface area contributed by atoms with Crippen LogP contribution in [0.5, 0.6) is 0 Å². The van der Waals surface area contributed by atoms with E-state index in [0.717, 1.165) is 12.0 Å². The van der Waals surface area contributed by atoms with Crippen molar-refractivity contribution in [2.75, 3.05) is 10.6 Å². The number of hydrogen-bond donors (Lipinski definition) is 1. The van der Waals surface area contributed by atoms with E-state index in [1.165, 1.54) is 5.56 Å². The molecule has 5 heteroatoms. The van der Waals surface area contributed by atoms with Crippen molar-refractivity contribution in [3.05, 3.63) is 53.9 Å². The van der Waals surface area contributed by atoms with Crippen LogP contribution in [0.1, 0.15) is 11.1 Å². The fourth-order valence-electron chi connectivity index (χ4n) is 1.50. The Kier molecular flexibility index (Phi) is 4.41. The number of rotatable bonds is 4. The second kappa shape index (κ2) is 6.26. The molecule has 4 nitrogen and oxygen atoms in total. The number of alkyl halides is 1. The number of nitrogens with zero attached hydrogens (tertiary/aromatic N) is 2. The minimum atomic E-state index is -0.161. The lowest BCUT2D eigenvalue weighted by Gasteiger charge is -2.03. The van der Waals surface area contributed by atoms with Gasteiger partial charge in [-0.25, -0.2) is 9.97 Å². The fraction of sp³-hybridized carbons (Fsp3) is 0.154. The number of aromatic nitrogens is 2. The highest BCUT2D eigenvalue weighted by Gasteiger charge is 2.02. The molecule has 92 valence electrons. The van der Waals surface area contributed by atoms with Crippen molar-refractivity contribution < 1.29 is 4.79 Å². The Hall–Kier alpha value is -1.75. The standard InChI is InChI=1S/C13H12BrN3O/c14-7-12(18)17-13-15-8-11(9-16-13)6-10-4-2-1-3-5-10/h1-5,8-9H,6-7H2,(H,15,16,17,18). The Labute approximate surface area is 114 Å². The van der Waals surface area contributed by atoms with E-state index in [2.05, 4.69) is 43.3 Å². The summed E-state index contributed by atoms with van der Waals surface area (Å²) in [6.45, 7) is 0. The van der Waals surface area contributed by atoms with Gasteiger partial charge in [-0.15, -0.1) is 0 Å². The first kappa shape index (κ1) is 12.7. The predicted molar refractivity (Wildman–Crippen MR) is 73.7 cm³/mol. The third-order valence-electron chi connectivity index (χ3n) is 2.33. The van der Waals surface area contributed by atoms with Gasteiger partial charge < -0.3 is 0 Å². The number of carbonyl (C=O) groups is 1. The minimum Gasteiger partial charge on any atom is -0.294 e. The highest BCUT2D eigenvalue weighted by atomic mass is 79.9. The summed E-state index contributed by atoms with van der Waals surface area (Å²) >= 11 is 3.06. The normalized spacial score (nSPS) is 10.1. The molecule has 0 spiro atoms. The molecule has 0 saturated carbocycles. The van der Waals surface area contributed by atoms with Gasteiger partial charge in [0.2, 0.25) is 11.9 Å². The van der Waals surface area contributed by atoms with Gasteiger partial charge >= 0.3 is 0 Å². The van der Waals surface area contributed by atoms with E-state index in [0.29, 0.717) is 5.95 Å². The molecule has 1 aromatic carbocycles. The predicted octanol–water partition coefficient (Wildman–Crippen LogP) is 2.40. The van der Waals surface area contributed by atoms with E-state index in [1.807, 2.05) is 18.2 Å². The van der Waals surface area contributed by atoms with Gasteiger partial charge in [0.15, 0.2) is 0 Å². The van der Waals surface area contributed by atoms with Crippen molar-refractivity contribution in [2.45, 2.75) is 6.42 Å². The molecule has 0 radical (unpaired) electrons. The molecule has 1 heterocycles. The minimum absolute atomic E-state index is 0.161. The fourth-order valence-corrected chi connectivity index (χ4v) is 1.64. The number of carbonyl (C=O) groups excluding carboxylic acids is 1. The summed E-state index contributed by atoms with van der Waals surface area (Å²) in [6, 6.07) is 10.1. The monoisotopic (exact) mass is 305 g/mol. The average Bonchev–Trinajstić information content (AvgIpc) is 2.42. The topological polar surface area (TPSA) is 54.9 Å². The molecule has 0 aliphatic carbocycles. The number of nitrogens with one attached hydrogen (secondary N) is 1. The molecule has 0 saturated heterocycles. The van der Waals surface area contributed by atoms with Crippen LogP contribution in [0.15, 0.2) is 42.7 Å². The third-order valence-corrected chi connectivity index (χ3v) is 2.84. The molecule has 0 unspecified atom stereocenters. The molecule has 1 amide bonds. The van der Waals surface area contributed by atoms with E-state index in [-0.39, 0.29) is 11.2 Å². The zero-order valence-electron chi connectivity index (χ0n) is 9.64. The molecule has 0 bridgehead atoms. The summed E-state index contributed by atoms with van der Waals surface area (Å²) in [6.07, 6.45) is 4.24. The van der Waals surface area contributed by atoms with Crippen LogP contribution in [0.3, 0.4) is 0 Å². The van der Waals surface area contributed by atoms with Crippen molar-refractivity contribution in [1.29, 1.82) is 0 Å². The van der Waals surface area contributed by atoms with Crippen LogP contribution in [0.4, 0.5) is 5.95 Å². The van der Waals surface area contributed by atoms with Gasteiger partial charge in [-0.05, 0) is 11.1 Å². The molecule has 0 aliphatic heterocycles. The van der Waals surface area contributed by atoms with Crippen LogP contribution >= 0.6 is 15.9 Å². The highest BCUT2D eigenvalue weighted by Crippen LogP contribution is 2.08. The number of amides is 1. The van der Waals surface area contributed by atoms with E-state index in [9.17, 15) is 4.79 Å². The van der Waals surface area contributed by atoms with Crippen molar-refractivity contribution in [3.8, 4) is 0 Å². The lowest BCUT2D eigenvalue weighted by molar-refractivity contribution is -0.113.